The molecule has 28 heavy (non-hydrogen) atoms. The standard InChI is InChI=1S/C20H19N5OS2/c21-12-15-3-5-16(6-4-15)13-27-14-18(26)24-8-10-25(11-9-24)20-23-17-2-1-7-22-19(17)28-20/h1-7H,8-11,13-14H2. The van der Waals surface area contributed by atoms with E-state index in [9.17, 15) is 4.79 Å². The number of thioether (sulfide) groups is 1. The van der Waals surface area contributed by atoms with Gasteiger partial charge >= 0.3 is 0 Å². The van der Waals surface area contributed by atoms with Crippen LogP contribution in [0.2, 0.25) is 0 Å². The van der Waals surface area contributed by atoms with Gasteiger partial charge in [0.1, 0.15) is 10.3 Å². The van der Waals surface area contributed by atoms with Gasteiger partial charge in [-0.3, -0.25) is 4.79 Å². The summed E-state index contributed by atoms with van der Waals surface area (Å²) in [4.78, 5) is 26.6. The van der Waals surface area contributed by atoms with Crippen molar-refractivity contribution >= 4 is 44.5 Å². The van der Waals surface area contributed by atoms with E-state index in [1.165, 1.54) is 0 Å². The van der Waals surface area contributed by atoms with E-state index in [4.69, 9.17) is 5.26 Å². The van der Waals surface area contributed by atoms with Gasteiger partial charge in [-0.05, 0) is 29.8 Å². The van der Waals surface area contributed by atoms with Gasteiger partial charge in [-0.1, -0.05) is 23.5 Å². The van der Waals surface area contributed by atoms with Crippen LogP contribution in [-0.4, -0.2) is 52.7 Å². The summed E-state index contributed by atoms with van der Waals surface area (Å²) in [6.45, 7) is 3.04. The molecule has 0 unspecified atom stereocenters. The number of nitriles is 1. The highest BCUT2D eigenvalue weighted by Gasteiger charge is 2.23. The Labute approximate surface area is 171 Å². The summed E-state index contributed by atoms with van der Waals surface area (Å²) in [5.74, 6) is 1.44. The number of pyridine rings is 1. The summed E-state index contributed by atoms with van der Waals surface area (Å²) in [7, 11) is 0. The van der Waals surface area contributed by atoms with Crippen LogP contribution in [0.5, 0.6) is 0 Å². The number of benzene rings is 1. The number of amides is 1. The maximum absolute atomic E-state index is 12.5. The number of carbonyl (C=O) groups is 1. The minimum Gasteiger partial charge on any atom is -0.344 e. The summed E-state index contributed by atoms with van der Waals surface area (Å²) in [6.07, 6.45) is 1.79. The fourth-order valence-corrected chi connectivity index (χ4v) is 4.91. The number of aromatic nitrogens is 2. The number of thiazole rings is 1. The summed E-state index contributed by atoms with van der Waals surface area (Å²) in [6, 6.07) is 13.5. The lowest BCUT2D eigenvalue weighted by molar-refractivity contribution is -0.128. The van der Waals surface area contributed by atoms with Gasteiger partial charge in [-0.15, -0.1) is 11.8 Å². The molecule has 1 aliphatic heterocycles. The molecular formula is C20H19N5OS2. The first-order chi connectivity index (χ1) is 13.7. The van der Waals surface area contributed by atoms with Crippen molar-refractivity contribution in [3.05, 3.63) is 53.7 Å². The molecule has 1 aromatic carbocycles. The molecular weight excluding hydrogens is 390 g/mol. The van der Waals surface area contributed by atoms with Crippen LogP contribution in [0.15, 0.2) is 42.6 Å². The summed E-state index contributed by atoms with van der Waals surface area (Å²) < 4.78 is 0. The Morgan fingerprint density at radius 1 is 1.18 bits per heavy atom. The normalized spacial score (nSPS) is 14.2. The monoisotopic (exact) mass is 409 g/mol. The van der Waals surface area contributed by atoms with E-state index in [1.807, 2.05) is 41.3 Å². The third-order valence-electron chi connectivity index (χ3n) is 4.64. The van der Waals surface area contributed by atoms with Gasteiger partial charge in [-0.2, -0.15) is 5.26 Å². The second-order valence-corrected chi connectivity index (χ2v) is 8.44. The number of carbonyl (C=O) groups excluding carboxylic acids is 1. The molecule has 142 valence electrons. The minimum atomic E-state index is 0.185. The lowest BCUT2D eigenvalue weighted by atomic mass is 10.2. The third-order valence-corrected chi connectivity index (χ3v) is 6.66. The molecule has 4 rings (SSSR count). The highest BCUT2D eigenvalue weighted by atomic mass is 32.2. The Bertz CT molecular complexity index is 970. The zero-order valence-electron chi connectivity index (χ0n) is 15.2. The van der Waals surface area contributed by atoms with Crippen LogP contribution in [0, 0.1) is 11.3 Å². The number of hydrogen-bond acceptors (Lipinski definition) is 7. The van der Waals surface area contributed by atoms with Gasteiger partial charge in [0.25, 0.3) is 0 Å². The number of piperazine rings is 1. The molecule has 0 spiro atoms. The predicted octanol–water partition coefficient (Wildman–Crippen LogP) is 3.14. The van der Waals surface area contributed by atoms with Gasteiger partial charge < -0.3 is 9.80 Å². The van der Waals surface area contributed by atoms with E-state index in [-0.39, 0.29) is 5.91 Å². The van der Waals surface area contributed by atoms with Crippen molar-refractivity contribution in [3.8, 4) is 6.07 Å². The molecule has 0 N–H and O–H groups in total. The van der Waals surface area contributed by atoms with Crippen LogP contribution in [-0.2, 0) is 10.5 Å². The first-order valence-electron chi connectivity index (χ1n) is 9.04. The van der Waals surface area contributed by atoms with Gasteiger partial charge in [0.15, 0.2) is 5.13 Å². The van der Waals surface area contributed by atoms with E-state index in [0.717, 1.165) is 53.0 Å². The molecule has 1 saturated heterocycles. The van der Waals surface area contributed by atoms with Crippen molar-refractivity contribution in [1.82, 2.24) is 14.9 Å². The maximum atomic E-state index is 12.5. The summed E-state index contributed by atoms with van der Waals surface area (Å²) in [5.41, 5.74) is 2.72. The largest absolute Gasteiger partial charge is 0.344 e. The van der Waals surface area contributed by atoms with Crippen LogP contribution in [0.4, 0.5) is 5.13 Å². The van der Waals surface area contributed by atoms with Crippen molar-refractivity contribution in [2.45, 2.75) is 5.75 Å². The predicted molar refractivity (Wildman–Crippen MR) is 114 cm³/mol. The molecule has 1 fully saturated rings. The van der Waals surface area contributed by atoms with Gasteiger partial charge in [-0.25, -0.2) is 9.97 Å². The van der Waals surface area contributed by atoms with Crippen LogP contribution >= 0.6 is 23.1 Å². The van der Waals surface area contributed by atoms with Gasteiger partial charge in [0.05, 0.1) is 17.4 Å². The minimum absolute atomic E-state index is 0.185. The fourth-order valence-electron chi connectivity index (χ4n) is 3.06. The Morgan fingerprint density at radius 2 is 1.96 bits per heavy atom. The second kappa shape index (κ2) is 8.59. The molecule has 0 aliphatic carbocycles. The van der Waals surface area contributed by atoms with Crippen molar-refractivity contribution in [3.63, 3.8) is 0 Å². The van der Waals surface area contributed by atoms with Crippen LogP contribution in [0.25, 0.3) is 10.3 Å². The molecule has 3 heterocycles. The molecule has 1 aliphatic rings. The molecule has 0 saturated carbocycles. The fraction of sp³-hybridized carbons (Fsp3) is 0.300. The van der Waals surface area contributed by atoms with Gasteiger partial charge in [0, 0.05) is 38.1 Å². The highest BCUT2D eigenvalue weighted by Crippen LogP contribution is 2.27. The summed E-state index contributed by atoms with van der Waals surface area (Å²) >= 11 is 3.22. The zero-order valence-corrected chi connectivity index (χ0v) is 16.9. The van der Waals surface area contributed by atoms with E-state index in [1.54, 1.807) is 29.3 Å². The zero-order chi connectivity index (χ0) is 19.3. The molecule has 0 radical (unpaired) electrons. The van der Waals surface area contributed by atoms with Crippen molar-refractivity contribution in [2.24, 2.45) is 0 Å². The van der Waals surface area contributed by atoms with Crippen LogP contribution < -0.4 is 4.90 Å². The van der Waals surface area contributed by atoms with E-state index >= 15 is 0 Å². The second-order valence-electron chi connectivity index (χ2n) is 6.49. The summed E-state index contributed by atoms with van der Waals surface area (Å²) in [5, 5.41) is 9.82. The van der Waals surface area contributed by atoms with E-state index in [2.05, 4.69) is 20.9 Å². The Kier molecular flexibility index (Phi) is 5.74. The number of rotatable bonds is 5. The van der Waals surface area contributed by atoms with Crippen molar-refractivity contribution < 1.29 is 4.79 Å². The average Bonchev–Trinajstić information content (AvgIpc) is 3.18. The number of anilines is 1. The van der Waals surface area contributed by atoms with E-state index < -0.39 is 0 Å². The average molecular weight is 410 g/mol. The molecule has 2 aromatic heterocycles. The molecule has 6 nitrogen and oxygen atoms in total. The number of hydrogen-bond donors (Lipinski definition) is 0. The molecule has 0 atom stereocenters. The molecule has 8 heteroatoms. The number of nitrogens with zero attached hydrogens (tertiary/aromatic N) is 5. The third kappa shape index (κ3) is 4.26. The Balaban J connectivity index is 1.25. The van der Waals surface area contributed by atoms with Crippen LogP contribution in [0.3, 0.4) is 0 Å². The molecule has 0 bridgehead atoms. The highest BCUT2D eigenvalue weighted by molar-refractivity contribution is 7.99. The van der Waals surface area contributed by atoms with Gasteiger partial charge in [0.2, 0.25) is 5.91 Å². The maximum Gasteiger partial charge on any atom is 0.232 e. The first kappa shape index (κ1) is 18.7. The van der Waals surface area contributed by atoms with Crippen molar-refractivity contribution in [2.75, 3.05) is 36.8 Å². The smallest absolute Gasteiger partial charge is 0.232 e. The van der Waals surface area contributed by atoms with E-state index in [0.29, 0.717) is 11.3 Å². The molecule has 1 amide bonds. The van der Waals surface area contributed by atoms with Crippen LogP contribution in [0.1, 0.15) is 11.1 Å². The quantitative estimate of drug-likeness (QED) is 0.645. The first-order valence-corrected chi connectivity index (χ1v) is 11.0. The SMILES string of the molecule is N#Cc1ccc(CSCC(=O)N2CCN(c3nc4cccnc4s3)CC2)cc1. The Morgan fingerprint density at radius 3 is 2.68 bits per heavy atom. The van der Waals surface area contributed by atoms with Crippen molar-refractivity contribution in [1.29, 1.82) is 5.26 Å². The number of fused-ring (bicyclic) bond motifs is 1. The lowest BCUT2D eigenvalue weighted by Crippen LogP contribution is -2.49. The lowest BCUT2D eigenvalue weighted by Gasteiger charge is -2.34. The molecule has 3 aromatic rings. The topological polar surface area (TPSA) is 73.1 Å². The Hall–Kier alpha value is -2.63.